The molecule has 0 spiro atoms. The summed E-state index contributed by atoms with van der Waals surface area (Å²) >= 11 is 6.37. The standard InChI is InChI=1S/C22H29ClN2O/c1-5-6-16-25(17(2)19-14-10-11-15-20(19)23)21(26)24-22(3,4)18-12-8-7-9-13-18/h7-15,17H,5-6,16H2,1-4H3,(H,24,26). The van der Waals surface area contributed by atoms with E-state index < -0.39 is 5.54 Å². The molecule has 0 aliphatic rings. The number of nitrogens with one attached hydrogen (secondary N) is 1. The molecule has 4 heteroatoms. The van der Waals surface area contributed by atoms with E-state index in [1.807, 2.05) is 80.3 Å². The lowest BCUT2D eigenvalue weighted by atomic mass is 9.94. The summed E-state index contributed by atoms with van der Waals surface area (Å²) < 4.78 is 0. The van der Waals surface area contributed by atoms with Crippen LogP contribution in [0.15, 0.2) is 54.6 Å². The highest BCUT2D eigenvalue weighted by atomic mass is 35.5. The van der Waals surface area contributed by atoms with Gasteiger partial charge in [-0.2, -0.15) is 0 Å². The van der Waals surface area contributed by atoms with E-state index in [0.29, 0.717) is 11.6 Å². The van der Waals surface area contributed by atoms with Gasteiger partial charge in [-0.15, -0.1) is 0 Å². The summed E-state index contributed by atoms with van der Waals surface area (Å²) in [6.45, 7) is 8.91. The summed E-state index contributed by atoms with van der Waals surface area (Å²) in [4.78, 5) is 15.0. The van der Waals surface area contributed by atoms with Crippen LogP contribution in [0.5, 0.6) is 0 Å². The second kappa shape index (κ2) is 9.09. The second-order valence-corrected chi connectivity index (χ2v) is 7.57. The molecular formula is C22H29ClN2O. The third-order valence-electron chi connectivity index (χ3n) is 4.75. The topological polar surface area (TPSA) is 32.3 Å². The third-order valence-corrected chi connectivity index (χ3v) is 5.10. The van der Waals surface area contributed by atoms with Gasteiger partial charge in [-0.3, -0.25) is 0 Å². The van der Waals surface area contributed by atoms with Crippen molar-refractivity contribution in [2.45, 2.75) is 52.1 Å². The molecule has 0 saturated carbocycles. The Morgan fingerprint density at radius 1 is 1.12 bits per heavy atom. The number of halogens is 1. The van der Waals surface area contributed by atoms with E-state index in [-0.39, 0.29) is 12.1 Å². The zero-order valence-electron chi connectivity index (χ0n) is 16.1. The van der Waals surface area contributed by atoms with E-state index in [1.165, 1.54) is 0 Å². The molecule has 1 atom stereocenters. The van der Waals surface area contributed by atoms with E-state index in [2.05, 4.69) is 12.2 Å². The summed E-state index contributed by atoms with van der Waals surface area (Å²) in [5.41, 5.74) is 1.59. The first-order valence-electron chi connectivity index (χ1n) is 9.25. The monoisotopic (exact) mass is 372 g/mol. The highest BCUT2D eigenvalue weighted by Gasteiger charge is 2.28. The van der Waals surface area contributed by atoms with Crippen LogP contribution in [0.4, 0.5) is 4.79 Å². The Labute approximate surface area is 162 Å². The van der Waals surface area contributed by atoms with Gasteiger partial charge in [0.05, 0.1) is 11.6 Å². The third kappa shape index (κ3) is 5.01. The number of nitrogens with zero attached hydrogens (tertiary/aromatic N) is 1. The average molecular weight is 373 g/mol. The first-order valence-corrected chi connectivity index (χ1v) is 9.63. The van der Waals surface area contributed by atoms with Crippen molar-refractivity contribution in [3.63, 3.8) is 0 Å². The fraction of sp³-hybridized carbons (Fsp3) is 0.409. The highest BCUT2D eigenvalue weighted by molar-refractivity contribution is 6.31. The molecule has 0 aliphatic heterocycles. The van der Waals surface area contributed by atoms with Gasteiger partial charge in [0.25, 0.3) is 0 Å². The molecule has 0 aliphatic carbocycles. The van der Waals surface area contributed by atoms with E-state index in [9.17, 15) is 4.79 Å². The number of hydrogen-bond donors (Lipinski definition) is 1. The molecule has 2 aromatic rings. The predicted molar refractivity (Wildman–Crippen MR) is 109 cm³/mol. The molecule has 2 aromatic carbocycles. The summed E-state index contributed by atoms with van der Waals surface area (Å²) in [6, 6.07) is 17.6. The number of unbranched alkanes of at least 4 members (excludes halogenated alkanes) is 1. The van der Waals surface area contributed by atoms with Gasteiger partial charge in [0.15, 0.2) is 0 Å². The Morgan fingerprint density at radius 2 is 1.73 bits per heavy atom. The minimum Gasteiger partial charge on any atom is -0.329 e. The Morgan fingerprint density at radius 3 is 2.35 bits per heavy atom. The molecule has 1 unspecified atom stereocenters. The van der Waals surface area contributed by atoms with Crippen LogP contribution >= 0.6 is 11.6 Å². The van der Waals surface area contributed by atoms with E-state index in [4.69, 9.17) is 11.6 Å². The van der Waals surface area contributed by atoms with Gasteiger partial charge in [0, 0.05) is 11.6 Å². The minimum atomic E-state index is -0.455. The van der Waals surface area contributed by atoms with Gasteiger partial charge in [0.1, 0.15) is 0 Å². The van der Waals surface area contributed by atoms with Gasteiger partial charge in [-0.25, -0.2) is 4.79 Å². The lowest BCUT2D eigenvalue weighted by Crippen LogP contribution is -2.49. The maximum Gasteiger partial charge on any atom is 0.318 e. The Balaban J connectivity index is 2.23. The summed E-state index contributed by atoms with van der Waals surface area (Å²) in [5.74, 6) is 0. The predicted octanol–water partition coefficient (Wildman–Crippen LogP) is 6.15. The molecule has 0 bridgehead atoms. The Bertz CT molecular complexity index is 715. The molecule has 2 amide bonds. The number of benzene rings is 2. The van der Waals surface area contributed by atoms with Crippen LogP contribution in [-0.2, 0) is 5.54 Å². The first kappa shape index (κ1) is 20.3. The van der Waals surface area contributed by atoms with Crippen molar-refractivity contribution < 1.29 is 4.79 Å². The average Bonchev–Trinajstić information content (AvgIpc) is 2.62. The van der Waals surface area contributed by atoms with Gasteiger partial charge >= 0.3 is 6.03 Å². The number of carbonyl (C=O) groups excluding carboxylic acids is 1. The molecule has 0 fully saturated rings. The van der Waals surface area contributed by atoms with Crippen LogP contribution in [0.2, 0.25) is 5.02 Å². The van der Waals surface area contributed by atoms with Gasteiger partial charge in [0.2, 0.25) is 0 Å². The molecular weight excluding hydrogens is 344 g/mol. The molecule has 0 heterocycles. The molecule has 26 heavy (non-hydrogen) atoms. The molecule has 0 radical (unpaired) electrons. The number of rotatable bonds is 7. The smallest absolute Gasteiger partial charge is 0.318 e. The van der Waals surface area contributed by atoms with Crippen LogP contribution in [0, 0.1) is 0 Å². The zero-order valence-corrected chi connectivity index (χ0v) is 16.9. The molecule has 0 saturated heterocycles. The maximum absolute atomic E-state index is 13.1. The van der Waals surface area contributed by atoms with Crippen molar-refractivity contribution in [3.05, 3.63) is 70.7 Å². The van der Waals surface area contributed by atoms with Gasteiger partial charge in [-0.05, 0) is 44.4 Å². The number of hydrogen-bond acceptors (Lipinski definition) is 1. The van der Waals surface area contributed by atoms with Crippen LogP contribution in [0.3, 0.4) is 0 Å². The fourth-order valence-corrected chi connectivity index (χ4v) is 3.34. The van der Waals surface area contributed by atoms with Gasteiger partial charge < -0.3 is 10.2 Å². The van der Waals surface area contributed by atoms with Crippen molar-refractivity contribution in [1.82, 2.24) is 10.2 Å². The van der Waals surface area contributed by atoms with Crippen molar-refractivity contribution in [3.8, 4) is 0 Å². The number of amides is 2. The lowest BCUT2D eigenvalue weighted by Gasteiger charge is -2.35. The fourth-order valence-electron chi connectivity index (χ4n) is 3.05. The minimum absolute atomic E-state index is 0.0697. The van der Waals surface area contributed by atoms with E-state index in [0.717, 1.165) is 24.0 Å². The maximum atomic E-state index is 13.1. The largest absolute Gasteiger partial charge is 0.329 e. The second-order valence-electron chi connectivity index (χ2n) is 7.17. The molecule has 3 nitrogen and oxygen atoms in total. The SMILES string of the molecule is CCCCN(C(=O)NC(C)(C)c1ccccc1)C(C)c1ccccc1Cl. The van der Waals surface area contributed by atoms with Crippen molar-refractivity contribution >= 4 is 17.6 Å². The lowest BCUT2D eigenvalue weighted by molar-refractivity contribution is 0.167. The molecule has 140 valence electrons. The van der Waals surface area contributed by atoms with Crippen molar-refractivity contribution in [2.75, 3.05) is 6.54 Å². The van der Waals surface area contributed by atoms with Crippen LogP contribution in [-0.4, -0.2) is 17.5 Å². The zero-order chi connectivity index (χ0) is 19.2. The van der Waals surface area contributed by atoms with Crippen LogP contribution in [0.1, 0.15) is 57.7 Å². The first-order chi connectivity index (χ1) is 12.4. The van der Waals surface area contributed by atoms with Crippen LogP contribution < -0.4 is 5.32 Å². The molecule has 1 N–H and O–H groups in total. The van der Waals surface area contributed by atoms with E-state index in [1.54, 1.807) is 0 Å². The van der Waals surface area contributed by atoms with Gasteiger partial charge in [-0.1, -0.05) is 73.5 Å². The molecule has 0 aromatic heterocycles. The highest BCUT2D eigenvalue weighted by Crippen LogP contribution is 2.28. The summed E-state index contributed by atoms with van der Waals surface area (Å²) in [7, 11) is 0. The molecule has 2 rings (SSSR count). The number of carbonyl (C=O) groups is 1. The Kier molecular flexibility index (Phi) is 7.10. The number of urea groups is 1. The summed E-state index contributed by atoms with van der Waals surface area (Å²) in [5, 5.41) is 3.89. The van der Waals surface area contributed by atoms with E-state index >= 15 is 0 Å². The quantitative estimate of drug-likeness (QED) is 0.621. The van der Waals surface area contributed by atoms with Crippen molar-refractivity contribution in [2.24, 2.45) is 0 Å². The summed E-state index contributed by atoms with van der Waals surface area (Å²) in [6.07, 6.45) is 1.98. The van der Waals surface area contributed by atoms with Crippen LogP contribution in [0.25, 0.3) is 0 Å². The normalized spacial score (nSPS) is 12.5. The van der Waals surface area contributed by atoms with Crippen molar-refractivity contribution in [1.29, 1.82) is 0 Å². The Hall–Kier alpha value is -2.00.